The van der Waals surface area contributed by atoms with Crippen LogP contribution in [0.3, 0.4) is 0 Å². The van der Waals surface area contributed by atoms with E-state index in [2.05, 4.69) is 27.8 Å². The summed E-state index contributed by atoms with van der Waals surface area (Å²) in [6.07, 6.45) is 2.22. The van der Waals surface area contributed by atoms with Gasteiger partial charge in [-0.3, -0.25) is 4.79 Å². The van der Waals surface area contributed by atoms with Gasteiger partial charge >= 0.3 is 0 Å². The molecule has 0 unspecified atom stereocenters. The van der Waals surface area contributed by atoms with E-state index in [1.807, 2.05) is 0 Å². The van der Waals surface area contributed by atoms with Crippen molar-refractivity contribution in [1.82, 2.24) is 15.5 Å². The van der Waals surface area contributed by atoms with E-state index in [9.17, 15) is 4.79 Å². The number of rotatable bonds is 8. The molecule has 0 bridgehead atoms. The molecular formula is C12H20N4O2. The second-order valence-electron chi connectivity index (χ2n) is 3.78. The Morgan fingerprint density at radius 2 is 2.17 bits per heavy atom. The van der Waals surface area contributed by atoms with Crippen molar-refractivity contribution in [1.29, 1.82) is 0 Å². The van der Waals surface area contributed by atoms with Gasteiger partial charge in [-0.05, 0) is 18.6 Å². The molecule has 2 N–H and O–H groups in total. The Morgan fingerprint density at radius 3 is 2.78 bits per heavy atom. The number of aromatic nitrogens is 2. The average molecular weight is 252 g/mol. The third-order valence-corrected chi connectivity index (χ3v) is 2.32. The number of amides is 1. The minimum atomic E-state index is -0.239. The number of hydrogen-bond donors (Lipinski definition) is 2. The molecule has 0 saturated heterocycles. The van der Waals surface area contributed by atoms with E-state index in [4.69, 9.17) is 4.74 Å². The fraction of sp³-hybridized carbons (Fsp3) is 0.583. The maximum Gasteiger partial charge on any atom is 0.271 e. The first-order valence-electron chi connectivity index (χ1n) is 6.15. The molecule has 0 atom stereocenters. The lowest BCUT2D eigenvalue weighted by molar-refractivity contribution is 0.0957. The summed E-state index contributed by atoms with van der Waals surface area (Å²) in [6.45, 7) is 4.24. The molecule has 6 nitrogen and oxygen atoms in total. The molecule has 1 rings (SSSR count). The van der Waals surface area contributed by atoms with Crippen LogP contribution in [0.15, 0.2) is 12.1 Å². The van der Waals surface area contributed by atoms with Gasteiger partial charge in [0, 0.05) is 20.2 Å². The van der Waals surface area contributed by atoms with Crippen LogP contribution < -0.4 is 10.6 Å². The maximum absolute atomic E-state index is 11.2. The molecule has 0 aliphatic carbocycles. The summed E-state index contributed by atoms with van der Waals surface area (Å²) in [5, 5.41) is 13.3. The van der Waals surface area contributed by atoms with Crippen molar-refractivity contribution < 1.29 is 9.53 Å². The Bertz CT molecular complexity index is 354. The second-order valence-corrected chi connectivity index (χ2v) is 3.78. The quantitative estimate of drug-likeness (QED) is 0.677. The van der Waals surface area contributed by atoms with Crippen LogP contribution in [0.1, 0.15) is 30.3 Å². The van der Waals surface area contributed by atoms with Crippen molar-refractivity contribution in [3.8, 4) is 0 Å². The van der Waals surface area contributed by atoms with Gasteiger partial charge in [-0.2, -0.15) is 0 Å². The monoisotopic (exact) mass is 252 g/mol. The molecule has 0 spiro atoms. The third-order valence-electron chi connectivity index (χ3n) is 2.32. The lowest BCUT2D eigenvalue weighted by Crippen LogP contribution is -2.20. The Kier molecular flexibility index (Phi) is 6.71. The van der Waals surface area contributed by atoms with E-state index in [1.54, 1.807) is 19.2 Å². The highest BCUT2D eigenvalue weighted by Gasteiger charge is 2.04. The second kappa shape index (κ2) is 8.41. The topological polar surface area (TPSA) is 76.1 Å². The Morgan fingerprint density at radius 1 is 1.33 bits per heavy atom. The number of anilines is 1. The SMILES string of the molecule is CCCCOCCNc1ccc(C(=O)NC)nn1. The summed E-state index contributed by atoms with van der Waals surface area (Å²) < 4.78 is 5.40. The number of nitrogens with zero attached hydrogens (tertiary/aromatic N) is 2. The van der Waals surface area contributed by atoms with Crippen LogP contribution in [0.2, 0.25) is 0 Å². The highest BCUT2D eigenvalue weighted by atomic mass is 16.5. The lowest BCUT2D eigenvalue weighted by atomic mass is 10.3. The number of carbonyl (C=O) groups is 1. The smallest absolute Gasteiger partial charge is 0.271 e. The van der Waals surface area contributed by atoms with E-state index < -0.39 is 0 Å². The summed E-state index contributed by atoms with van der Waals surface area (Å²) in [5.74, 6) is 0.402. The largest absolute Gasteiger partial charge is 0.380 e. The minimum absolute atomic E-state index is 0.239. The highest BCUT2D eigenvalue weighted by molar-refractivity contribution is 5.91. The van der Waals surface area contributed by atoms with Gasteiger partial charge in [-0.15, -0.1) is 10.2 Å². The molecule has 18 heavy (non-hydrogen) atoms. The van der Waals surface area contributed by atoms with Gasteiger partial charge in [0.05, 0.1) is 6.61 Å². The number of ether oxygens (including phenoxy) is 1. The van der Waals surface area contributed by atoms with Crippen LogP contribution in [0.25, 0.3) is 0 Å². The summed E-state index contributed by atoms with van der Waals surface area (Å²) in [6, 6.07) is 3.36. The first-order chi connectivity index (χ1) is 8.77. The summed E-state index contributed by atoms with van der Waals surface area (Å²) in [4.78, 5) is 11.2. The number of carbonyl (C=O) groups excluding carboxylic acids is 1. The van der Waals surface area contributed by atoms with Crippen molar-refractivity contribution in [2.45, 2.75) is 19.8 Å². The zero-order valence-electron chi connectivity index (χ0n) is 10.9. The van der Waals surface area contributed by atoms with E-state index >= 15 is 0 Å². The van der Waals surface area contributed by atoms with Gasteiger partial charge in [0.2, 0.25) is 0 Å². The van der Waals surface area contributed by atoms with Gasteiger partial charge in [0.25, 0.3) is 5.91 Å². The Hall–Kier alpha value is -1.69. The van der Waals surface area contributed by atoms with Crippen LogP contribution in [-0.4, -0.2) is 42.9 Å². The summed E-state index contributed by atoms with van der Waals surface area (Å²) >= 11 is 0. The molecule has 6 heteroatoms. The number of unbranched alkanes of at least 4 members (excludes halogenated alkanes) is 1. The first kappa shape index (κ1) is 14.4. The molecule has 0 fully saturated rings. The molecule has 0 aromatic carbocycles. The molecule has 1 aromatic rings. The van der Waals surface area contributed by atoms with Crippen molar-refractivity contribution in [3.05, 3.63) is 17.8 Å². The minimum Gasteiger partial charge on any atom is -0.380 e. The fourth-order valence-electron chi connectivity index (χ4n) is 1.28. The molecule has 0 saturated carbocycles. The maximum atomic E-state index is 11.2. The van der Waals surface area contributed by atoms with Crippen molar-refractivity contribution in [3.63, 3.8) is 0 Å². The number of hydrogen-bond acceptors (Lipinski definition) is 5. The summed E-state index contributed by atoms with van der Waals surface area (Å²) in [5.41, 5.74) is 0.308. The normalized spacial score (nSPS) is 10.1. The van der Waals surface area contributed by atoms with Crippen LogP contribution in [0, 0.1) is 0 Å². The van der Waals surface area contributed by atoms with Crippen LogP contribution in [0.4, 0.5) is 5.82 Å². The van der Waals surface area contributed by atoms with Gasteiger partial charge in [0.1, 0.15) is 5.82 Å². The van der Waals surface area contributed by atoms with Gasteiger partial charge < -0.3 is 15.4 Å². The van der Waals surface area contributed by atoms with E-state index in [0.717, 1.165) is 19.4 Å². The Labute approximate surface area is 107 Å². The highest BCUT2D eigenvalue weighted by Crippen LogP contribution is 2.01. The Balaban J connectivity index is 2.25. The van der Waals surface area contributed by atoms with Crippen molar-refractivity contribution in [2.24, 2.45) is 0 Å². The van der Waals surface area contributed by atoms with Crippen molar-refractivity contribution >= 4 is 11.7 Å². The first-order valence-corrected chi connectivity index (χ1v) is 6.15. The number of nitrogens with one attached hydrogen (secondary N) is 2. The molecular weight excluding hydrogens is 232 g/mol. The molecule has 1 amide bonds. The van der Waals surface area contributed by atoms with Gasteiger partial charge in [0.15, 0.2) is 5.69 Å². The molecule has 0 aliphatic heterocycles. The fourth-order valence-corrected chi connectivity index (χ4v) is 1.28. The zero-order valence-corrected chi connectivity index (χ0v) is 10.9. The standard InChI is InChI=1S/C12H20N4O2/c1-3-4-8-18-9-7-14-11-6-5-10(15-16-11)12(17)13-2/h5-6H,3-4,7-9H2,1-2H3,(H,13,17)(H,14,16). The summed E-state index contributed by atoms with van der Waals surface area (Å²) in [7, 11) is 1.56. The van der Waals surface area contributed by atoms with Gasteiger partial charge in [-0.25, -0.2) is 0 Å². The van der Waals surface area contributed by atoms with E-state index in [-0.39, 0.29) is 5.91 Å². The molecule has 100 valence electrons. The lowest BCUT2D eigenvalue weighted by Gasteiger charge is -2.06. The third kappa shape index (κ3) is 5.09. The van der Waals surface area contributed by atoms with Crippen LogP contribution in [-0.2, 0) is 4.74 Å². The average Bonchev–Trinajstić information content (AvgIpc) is 2.42. The predicted octanol–water partition coefficient (Wildman–Crippen LogP) is 1.06. The zero-order chi connectivity index (χ0) is 13.2. The van der Waals surface area contributed by atoms with E-state index in [0.29, 0.717) is 24.7 Å². The molecule has 0 aliphatic rings. The molecule has 1 aromatic heterocycles. The van der Waals surface area contributed by atoms with Crippen molar-refractivity contribution in [2.75, 3.05) is 32.1 Å². The molecule has 0 radical (unpaired) electrons. The van der Waals surface area contributed by atoms with Crippen LogP contribution >= 0.6 is 0 Å². The predicted molar refractivity (Wildman–Crippen MR) is 69.6 cm³/mol. The molecule has 1 heterocycles. The van der Waals surface area contributed by atoms with Gasteiger partial charge in [-0.1, -0.05) is 13.3 Å². The van der Waals surface area contributed by atoms with E-state index in [1.165, 1.54) is 0 Å². The van der Waals surface area contributed by atoms with Crippen LogP contribution in [0.5, 0.6) is 0 Å².